The molecule has 0 atom stereocenters. The van der Waals surface area contributed by atoms with Crippen LogP contribution in [0, 0.1) is 23.3 Å². The number of hydrogen-bond acceptors (Lipinski definition) is 4. The summed E-state index contributed by atoms with van der Waals surface area (Å²) in [5, 5.41) is 0. The first kappa shape index (κ1) is 22.7. The van der Waals surface area contributed by atoms with E-state index in [1.54, 1.807) is 24.3 Å². The number of benzene rings is 4. The summed E-state index contributed by atoms with van der Waals surface area (Å²) in [5.41, 5.74) is -0.191. The van der Waals surface area contributed by atoms with Gasteiger partial charge in [-0.2, -0.15) is 0 Å². The maximum absolute atomic E-state index is 13.7. The van der Waals surface area contributed by atoms with Gasteiger partial charge in [0.15, 0.2) is 0 Å². The second-order valence-corrected chi connectivity index (χ2v) is 7.02. The highest BCUT2D eigenvalue weighted by Gasteiger charge is 2.20. The molecule has 0 unspecified atom stereocenters. The molecule has 0 amide bonds. The van der Waals surface area contributed by atoms with E-state index in [9.17, 15) is 27.2 Å². The maximum Gasteiger partial charge on any atom is 0.349 e. The molecule has 0 aromatic heterocycles. The van der Waals surface area contributed by atoms with Crippen LogP contribution in [0.1, 0.15) is 20.7 Å². The topological polar surface area (TPSA) is 52.6 Å². The zero-order valence-corrected chi connectivity index (χ0v) is 17.2. The third-order valence-corrected chi connectivity index (χ3v) is 4.80. The highest BCUT2D eigenvalue weighted by Crippen LogP contribution is 2.26. The Bertz CT molecular complexity index is 1220. The molecule has 4 rings (SSSR count). The van der Waals surface area contributed by atoms with E-state index in [0.29, 0.717) is 11.1 Å². The van der Waals surface area contributed by atoms with Crippen LogP contribution in [0.15, 0.2) is 84.9 Å². The van der Waals surface area contributed by atoms with Gasteiger partial charge in [0.1, 0.15) is 45.9 Å². The lowest BCUT2D eigenvalue weighted by Gasteiger charge is -2.09. The van der Waals surface area contributed by atoms with E-state index in [1.165, 1.54) is 24.3 Å². The Morgan fingerprint density at radius 2 is 0.765 bits per heavy atom. The van der Waals surface area contributed by atoms with Crippen molar-refractivity contribution >= 4 is 11.9 Å². The summed E-state index contributed by atoms with van der Waals surface area (Å²) in [6, 6.07) is 18.3. The summed E-state index contributed by atoms with van der Waals surface area (Å²) in [7, 11) is 0. The molecule has 0 radical (unpaired) electrons. The standard InChI is InChI=1S/C26H14F4O4/c27-19-3-1-4-20(28)23(19)25(31)33-17-11-7-15(8-12-17)16-9-13-18(14-10-16)34-26(32)24-21(29)5-2-6-22(24)30/h1-14H. The Hall–Kier alpha value is -4.46. The molecule has 4 aromatic carbocycles. The first-order valence-corrected chi connectivity index (χ1v) is 9.86. The summed E-state index contributed by atoms with van der Waals surface area (Å²) < 4.78 is 65.0. The van der Waals surface area contributed by atoms with Crippen molar-refractivity contribution in [3.8, 4) is 22.6 Å². The van der Waals surface area contributed by atoms with Gasteiger partial charge in [0.05, 0.1) is 0 Å². The van der Waals surface area contributed by atoms with Gasteiger partial charge in [-0.05, 0) is 59.7 Å². The van der Waals surface area contributed by atoms with Crippen LogP contribution in [0.4, 0.5) is 17.6 Å². The second kappa shape index (κ2) is 9.58. The van der Waals surface area contributed by atoms with Gasteiger partial charge in [-0.1, -0.05) is 36.4 Å². The first-order valence-electron chi connectivity index (χ1n) is 9.86. The fourth-order valence-electron chi connectivity index (χ4n) is 3.13. The fraction of sp³-hybridized carbons (Fsp3) is 0. The van der Waals surface area contributed by atoms with E-state index in [2.05, 4.69) is 0 Å². The van der Waals surface area contributed by atoms with E-state index < -0.39 is 46.3 Å². The molecule has 4 aromatic rings. The van der Waals surface area contributed by atoms with Gasteiger partial charge in [-0.15, -0.1) is 0 Å². The number of ether oxygens (including phenoxy) is 2. The van der Waals surface area contributed by atoms with Crippen molar-refractivity contribution in [3.05, 3.63) is 119 Å². The third kappa shape index (κ3) is 4.80. The number of hydrogen-bond donors (Lipinski definition) is 0. The van der Waals surface area contributed by atoms with Gasteiger partial charge in [0.2, 0.25) is 0 Å². The SMILES string of the molecule is O=C(Oc1ccc(-c2ccc(OC(=O)c3c(F)cccc3F)cc2)cc1)c1c(F)cccc1F. The highest BCUT2D eigenvalue weighted by molar-refractivity contribution is 5.92. The normalized spacial score (nSPS) is 10.6. The molecule has 0 aliphatic carbocycles. The second-order valence-electron chi connectivity index (χ2n) is 7.02. The molecule has 0 fully saturated rings. The Balaban J connectivity index is 1.44. The van der Waals surface area contributed by atoms with Crippen molar-refractivity contribution < 1.29 is 36.6 Å². The van der Waals surface area contributed by atoms with Crippen LogP contribution >= 0.6 is 0 Å². The monoisotopic (exact) mass is 466 g/mol. The molecule has 0 N–H and O–H groups in total. The average molecular weight is 466 g/mol. The molecule has 0 saturated carbocycles. The van der Waals surface area contributed by atoms with Crippen LogP contribution in [0.25, 0.3) is 11.1 Å². The molecule has 0 aliphatic rings. The molecule has 0 aliphatic heterocycles. The summed E-state index contributed by atoms with van der Waals surface area (Å²) in [4.78, 5) is 24.2. The summed E-state index contributed by atoms with van der Waals surface area (Å²) in [6.07, 6.45) is 0. The predicted molar refractivity (Wildman–Crippen MR) is 115 cm³/mol. The minimum absolute atomic E-state index is 0.0777. The molecular formula is C26H14F4O4. The van der Waals surface area contributed by atoms with Crippen molar-refractivity contribution in [2.45, 2.75) is 0 Å². The van der Waals surface area contributed by atoms with Gasteiger partial charge >= 0.3 is 11.9 Å². The van der Waals surface area contributed by atoms with Crippen molar-refractivity contribution in [1.29, 1.82) is 0 Å². The number of halogens is 4. The van der Waals surface area contributed by atoms with Crippen molar-refractivity contribution in [2.75, 3.05) is 0 Å². The lowest BCUT2D eigenvalue weighted by molar-refractivity contribution is 0.0714. The number of rotatable bonds is 5. The lowest BCUT2D eigenvalue weighted by atomic mass is 10.1. The lowest BCUT2D eigenvalue weighted by Crippen LogP contribution is -2.13. The van der Waals surface area contributed by atoms with Crippen molar-refractivity contribution in [3.63, 3.8) is 0 Å². The molecule has 0 bridgehead atoms. The molecule has 170 valence electrons. The smallest absolute Gasteiger partial charge is 0.349 e. The van der Waals surface area contributed by atoms with Crippen LogP contribution < -0.4 is 9.47 Å². The van der Waals surface area contributed by atoms with Crippen molar-refractivity contribution in [2.24, 2.45) is 0 Å². The van der Waals surface area contributed by atoms with Gasteiger partial charge in [-0.3, -0.25) is 0 Å². The van der Waals surface area contributed by atoms with Gasteiger partial charge in [0.25, 0.3) is 0 Å². The fourth-order valence-corrected chi connectivity index (χ4v) is 3.13. The molecule has 4 nitrogen and oxygen atoms in total. The van der Waals surface area contributed by atoms with E-state index in [-0.39, 0.29) is 11.5 Å². The van der Waals surface area contributed by atoms with Gasteiger partial charge in [-0.25, -0.2) is 27.2 Å². The van der Waals surface area contributed by atoms with Crippen LogP contribution in [0.3, 0.4) is 0 Å². The van der Waals surface area contributed by atoms with Crippen LogP contribution in [-0.4, -0.2) is 11.9 Å². The average Bonchev–Trinajstić information content (AvgIpc) is 2.80. The predicted octanol–water partition coefficient (Wildman–Crippen LogP) is 6.35. The van der Waals surface area contributed by atoms with Gasteiger partial charge in [0, 0.05) is 0 Å². The third-order valence-electron chi connectivity index (χ3n) is 4.80. The first-order chi connectivity index (χ1) is 16.3. The van der Waals surface area contributed by atoms with E-state index in [1.807, 2.05) is 0 Å². The molecule has 34 heavy (non-hydrogen) atoms. The minimum Gasteiger partial charge on any atom is -0.423 e. The van der Waals surface area contributed by atoms with Crippen LogP contribution in [0.5, 0.6) is 11.5 Å². The van der Waals surface area contributed by atoms with Crippen molar-refractivity contribution in [1.82, 2.24) is 0 Å². The number of carbonyl (C=O) groups is 2. The zero-order valence-electron chi connectivity index (χ0n) is 17.2. The molecule has 0 saturated heterocycles. The zero-order chi connectivity index (χ0) is 24.2. The maximum atomic E-state index is 13.7. The van der Waals surface area contributed by atoms with E-state index >= 15 is 0 Å². The Morgan fingerprint density at radius 3 is 1.06 bits per heavy atom. The summed E-state index contributed by atoms with van der Waals surface area (Å²) in [6.45, 7) is 0. The molecule has 8 heteroatoms. The van der Waals surface area contributed by atoms with Gasteiger partial charge < -0.3 is 9.47 Å². The van der Waals surface area contributed by atoms with E-state index in [4.69, 9.17) is 9.47 Å². The Labute approximate surface area is 191 Å². The summed E-state index contributed by atoms with van der Waals surface area (Å²) in [5.74, 6) is -6.29. The van der Waals surface area contributed by atoms with E-state index in [0.717, 1.165) is 36.4 Å². The number of carbonyl (C=O) groups excluding carboxylic acids is 2. The molecular weight excluding hydrogens is 452 g/mol. The Kier molecular flexibility index (Phi) is 6.40. The minimum atomic E-state index is -1.17. The highest BCUT2D eigenvalue weighted by atomic mass is 19.1. The number of esters is 2. The summed E-state index contributed by atoms with van der Waals surface area (Å²) >= 11 is 0. The Morgan fingerprint density at radius 1 is 0.471 bits per heavy atom. The largest absolute Gasteiger partial charge is 0.423 e. The quantitative estimate of drug-likeness (QED) is 0.195. The molecule has 0 heterocycles. The molecule has 0 spiro atoms. The van der Waals surface area contributed by atoms with Crippen LogP contribution in [0.2, 0.25) is 0 Å². The van der Waals surface area contributed by atoms with Crippen LogP contribution in [-0.2, 0) is 0 Å².